The molecule has 4 rings (SSSR count). The number of ether oxygens (including phenoxy) is 1. The molecule has 1 unspecified atom stereocenters. The summed E-state index contributed by atoms with van der Waals surface area (Å²) < 4.78 is 5.53. The van der Waals surface area contributed by atoms with Gasteiger partial charge in [-0.1, -0.05) is 48.5 Å². The highest BCUT2D eigenvalue weighted by Crippen LogP contribution is 2.34. The number of carbonyl (C=O) groups excluding carboxylic acids is 1. The lowest BCUT2D eigenvalue weighted by Crippen LogP contribution is -2.16. The summed E-state index contributed by atoms with van der Waals surface area (Å²) in [6.45, 7) is 0. The topological polar surface area (TPSA) is 137 Å². The minimum atomic E-state index is -0.823. The van der Waals surface area contributed by atoms with Crippen molar-refractivity contribution in [3.05, 3.63) is 110 Å². The van der Waals surface area contributed by atoms with E-state index in [2.05, 4.69) is 10.5 Å². The van der Waals surface area contributed by atoms with Crippen molar-refractivity contribution in [2.75, 3.05) is 5.43 Å². The maximum Gasteiger partial charge on any atom is 0.339 e. The number of esters is 1. The number of hydrazone groups is 1. The number of nitrogens with zero attached hydrogens (tertiary/aromatic N) is 3. The monoisotopic (exact) mass is 418 g/mol. The molecular weight excluding hydrogens is 404 g/mol. The van der Waals surface area contributed by atoms with Gasteiger partial charge in [-0.15, -0.1) is 0 Å². The van der Waals surface area contributed by atoms with Crippen molar-refractivity contribution in [1.82, 2.24) is 0 Å². The number of hydrogen-bond acceptors (Lipinski definition) is 8. The summed E-state index contributed by atoms with van der Waals surface area (Å²) in [5.74, 6) is -0.495. The number of anilines is 1. The molecule has 154 valence electrons. The van der Waals surface area contributed by atoms with Crippen LogP contribution in [-0.2, 0) is 4.74 Å². The fraction of sp³-hybridized carbons (Fsp3) is 0.0476. The molecule has 1 aliphatic rings. The molecule has 1 heterocycles. The quantitative estimate of drug-likeness (QED) is 0.274. The van der Waals surface area contributed by atoms with E-state index in [1.165, 1.54) is 6.07 Å². The SMILES string of the molecule is O=C1OC(/C(=N/Nc2ccc([N+](=O)[O-])cc2[N+](=O)[O-])c2ccccc2)c2ccccc21. The average molecular weight is 418 g/mol. The van der Waals surface area contributed by atoms with Crippen LogP contribution in [0.25, 0.3) is 0 Å². The molecule has 0 fully saturated rings. The second-order valence-electron chi connectivity index (χ2n) is 6.56. The van der Waals surface area contributed by atoms with Crippen molar-refractivity contribution in [2.24, 2.45) is 5.10 Å². The number of rotatable bonds is 6. The highest BCUT2D eigenvalue weighted by molar-refractivity contribution is 6.09. The summed E-state index contributed by atoms with van der Waals surface area (Å²) in [6.07, 6.45) is -0.823. The zero-order valence-electron chi connectivity index (χ0n) is 15.8. The molecule has 0 aliphatic carbocycles. The maximum absolute atomic E-state index is 12.3. The maximum atomic E-state index is 12.3. The highest BCUT2D eigenvalue weighted by atomic mass is 16.6. The Balaban J connectivity index is 1.77. The van der Waals surface area contributed by atoms with Crippen LogP contribution in [0, 0.1) is 20.2 Å². The fourth-order valence-corrected chi connectivity index (χ4v) is 3.23. The van der Waals surface area contributed by atoms with Gasteiger partial charge in [-0.25, -0.2) is 4.79 Å². The first-order valence-corrected chi connectivity index (χ1v) is 9.07. The number of hydrogen-bond donors (Lipinski definition) is 1. The molecule has 0 bridgehead atoms. The minimum absolute atomic E-state index is 0.0401. The molecular formula is C21H14N4O6. The van der Waals surface area contributed by atoms with E-state index in [4.69, 9.17) is 4.74 Å². The van der Waals surface area contributed by atoms with Crippen LogP contribution in [0.5, 0.6) is 0 Å². The zero-order valence-corrected chi connectivity index (χ0v) is 15.8. The molecule has 3 aromatic rings. The molecule has 0 spiro atoms. The van der Waals surface area contributed by atoms with Crippen LogP contribution < -0.4 is 5.43 Å². The van der Waals surface area contributed by atoms with Crippen molar-refractivity contribution >= 4 is 28.7 Å². The van der Waals surface area contributed by atoms with Gasteiger partial charge in [0.15, 0.2) is 6.10 Å². The molecule has 1 N–H and O–H groups in total. The van der Waals surface area contributed by atoms with E-state index in [-0.39, 0.29) is 5.69 Å². The normalized spacial score (nSPS) is 15.2. The predicted molar refractivity (Wildman–Crippen MR) is 111 cm³/mol. The van der Waals surface area contributed by atoms with Crippen molar-refractivity contribution in [3.8, 4) is 0 Å². The molecule has 1 atom stereocenters. The number of nitro groups is 2. The number of nitrogens with one attached hydrogen (secondary N) is 1. The van der Waals surface area contributed by atoms with Crippen LogP contribution in [0.2, 0.25) is 0 Å². The Morgan fingerprint density at radius 2 is 1.65 bits per heavy atom. The number of carbonyl (C=O) groups is 1. The van der Waals surface area contributed by atoms with Crippen LogP contribution in [0.4, 0.5) is 17.1 Å². The fourth-order valence-electron chi connectivity index (χ4n) is 3.23. The van der Waals surface area contributed by atoms with Gasteiger partial charge in [-0.3, -0.25) is 25.7 Å². The van der Waals surface area contributed by atoms with Gasteiger partial charge < -0.3 is 4.74 Å². The van der Waals surface area contributed by atoms with Crippen LogP contribution in [-0.4, -0.2) is 21.5 Å². The standard InChI is InChI=1S/C21H14N4O6/c26-21-16-9-5-4-8-15(16)20(31-21)19(13-6-2-1-3-7-13)23-22-17-11-10-14(24(27)28)12-18(17)25(29)30/h1-12,20,22H/b23-19+. The van der Waals surface area contributed by atoms with Gasteiger partial charge in [0.05, 0.1) is 21.5 Å². The van der Waals surface area contributed by atoms with Gasteiger partial charge in [0, 0.05) is 17.2 Å². The minimum Gasteiger partial charge on any atom is -0.447 e. The third kappa shape index (κ3) is 3.81. The molecule has 0 aromatic heterocycles. The number of benzene rings is 3. The Morgan fingerprint density at radius 3 is 2.35 bits per heavy atom. The molecule has 0 amide bonds. The second kappa shape index (κ2) is 8.03. The molecule has 3 aromatic carbocycles. The van der Waals surface area contributed by atoms with E-state index < -0.39 is 33.3 Å². The molecule has 0 saturated carbocycles. The van der Waals surface area contributed by atoms with E-state index in [9.17, 15) is 25.0 Å². The Bertz CT molecular complexity index is 1230. The first-order chi connectivity index (χ1) is 15.0. The van der Waals surface area contributed by atoms with Gasteiger partial charge in [0.2, 0.25) is 0 Å². The first kappa shape index (κ1) is 19.7. The number of non-ortho nitro benzene ring substituents is 1. The molecule has 1 aliphatic heterocycles. The van der Waals surface area contributed by atoms with Gasteiger partial charge in [0.25, 0.3) is 5.69 Å². The summed E-state index contributed by atoms with van der Waals surface area (Å²) in [6, 6.07) is 19.0. The van der Waals surface area contributed by atoms with Crippen LogP contribution in [0.15, 0.2) is 77.9 Å². The summed E-state index contributed by atoms with van der Waals surface area (Å²) in [4.78, 5) is 33.2. The summed E-state index contributed by atoms with van der Waals surface area (Å²) >= 11 is 0. The van der Waals surface area contributed by atoms with Crippen molar-refractivity contribution in [3.63, 3.8) is 0 Å². The van der Waals surface area contributed by atoms with E-state index in [1.54, 1.807) is 48.5 Å². The number of nitro benzene ring substituents is 2. The first-order valence-electron chi connectivity index (χ1n) is 9.07. The van der Waals surface area contributed by atoms with Crippen molar-refractivity contribution in [2.45, 2.75) is 6.10 Å². The van der Waals surface area contributed by atoms with Crippen molar-refractivity contribution in [1.29, 1.82) is 0 Å². The van der Waals surface area contributed by atoms with Crippen LogP contribution in [0.1, 0.15) is 27.6 Å². The predicted octanol–water partition coefficient (Wildman–Crippen LogP) is 4.23. The molecule has 0 saturated heterocycles. The third-order valence-corrected chi connectivity index (χ3v) is 4.69. The lowest BCUT2D eigenvalue weighted by molar-refractivity contribution is -0.393. The van der Waals surface area contributed by atoms with Crippen LogP contribution in [0.3, 0.4) is 0 Å². The Morgan fingerprint density at radius 1 is 0.935 bits per heavy atom. The Kier molecular flexibility index (Phi) is 5.10. The van der Waals surface area contributed by atoms with Gasteiger partial charge in [0.1, 0.15) is 11.4 Å². The lowest BCUT2D eigenvalue weighted by Gasteiger charge is -2.15. The zero-order chi connectivity index (χ0) is 22.0. The molecule has 0 radical (unpaired) electrons. The van der Waals surface area contributed by atoms with E-state index in [0.29, 0.717) is 22.4 Å². The Labute approximate surface area is 175 Å². The van der Waals surface area contributed by atoms with Gasteiger partial charge >= 0.3 is 11.7 Å². The molecule has 10 nitrogen and oxygen atoms in total. The summed E-state index contributed by atoms with van der Waals surface area (Å²) in [5, 5.41) is 26.7. The average Bonchev–Trinajstić information content (AvgIpc) is 3.11. The summed E-state index contributed by atoms with van der Waals surface area (Å²) in [7, 11) is 0. The smallest absolute Gasteiger partial charge is 0.339 e. The number of fused-ring (bicyclic) bond motifs is 1. The lowest BCUT2D eigenvalue weighted by atomic mass is 9.97. The van der Waals surface area contributed by atoms with Gasteiger partial charge in [-0.2, -0.15) is 5.10 Å². The van der Waals surface area contributed by atoms with E-state index in [0.717, 1.165) is 12.1 Å². The molecule has 10 heteroatoms. The molecule has 31 heavy (non-hydrogen) atoms. The van der Waals surface area contributed by atoms with Crippen molar-refractivity contribution < 1.29 is 19.4 Å². The number of cyclic esters (lactones) is 1. The van der Waals surface area contributed by atoms with Crippen LogP contribution >= 0.6 is 0 Å². The highest BCUT2D eigenvalue weighted by Gasteiger charge is 2.35. The van der Waals surface area contributed by atoms with E-state index >= 15 is 0 Å². The Hall–Kier alpha value is -4.60. The van der Waals surface area contributed by atoms with Gasteiger partial charge in [-0.05, 0) is 12.1 Å². The summed E-state index contributed by atoms with van der Waals surface area (Å²) in [5.41, 5.74) is 3.65. The third-order valence-electron chi connectivity index (χ3n) is 4.69. The largest absolute Gasteiger partial charge is 0.447 e. The van der Waals surface area contributed by atoms with E-state index in [1.807, 2.05) is 6.07 Å². The second-order valence-corrected chi connectivity index (χ2v) is 6.56.